The van der Waals surface area contributed by atoms with Crippen LogP contribution in [0.1, 0.15) is 11.1 Å². The Morgan fingerprint density at radius 2 is 2.18 bits per heavy atom. The van der Waals surface area contributed by atoms with E-state index < -0.39 is 0 Å². The van der Waals surface area contributed by atoms with Crippen LogP contribution in [0, 0.1) is 6.92 Å². The van der Waals surface area contributed by atoms with Crippen LogP contribution in [0.3, 0.4) is 0 Å². The molecular weight excluding hydrogens is 214 g/mol. The van der Waals surface area contributed by atoms with Gasteiger partial charge in [0.15, 0.2) is 0 Å². The Labute approximate surface area is 99.9 Å². The van der Waals surface area contributed by atoms with Crippen molar-refractivity contribution < 1.29 is 0 Å². The van der Waals surface area contributed by atoms with Gasteiger partial charge in [-0.15, -0.1) is 0 Å². The molecule has 88 valence electrons. The first-order valence-electron chi connectivity index (χ1n) is 5.50. The summed E-state index contributed by atoms with van der Waals surface area (Å²) in [6.45, 7) is 2.35. The summed E-state index contributed by atoms with van der Waals surface area (Å²) in [5.41, 5.74) is 1.79. The molecule has 1 N–H and O–H groups in total. The largest absolute Gasteiger partial charge is 0.373 e. The second-order valence-corrected chi connectivity index (χ2v) is 3.89. The molecule has 4 nitrogen and oxygen atoms in total. The monoisotopic (exact) mass is 229 g/mol. The van der Waals surface area contributed by atoms with E-state index in [-0.39, 0.29) is 5.56 Å². The molecule has 0 aromatic carbocycles. The average Bonchev–Trinajstić information content (AvgIpc) is 2.35. The maximum Gasteiger partial charge on any atom is 0.253 e. The molecule has 2 aromatic heterocycles. The lowest BCUT2D eigenvalue weighted by Crippen LogP contribution is -2.22. The minimum Gasteiger partial charge on any atom is -0.373 e. The number of hydrogen-bond acceptors (Lipinski definition) is 3. The van der Waals surface area contributed by atoms with E-state index in [4.69, 9.17) is 0 Å². The maximum absolute atomic E-state index is 11.9. The van der Waals surface area contributed by atoms with Crippen molar-refractivity contribution in [3.05, 3.63) is 58.1 Å². The number of nitrogens with one attached hydrogen (secondary N) is 1. The number of nitrogens with zero attached hydrogens (tertiary/aromatic N) is 2. The lowest BCUT2D eigenvalue weighted by atomic mass is 10.2. The first-order valence-corrected chi connectivity index (χ1v) is 5.50. The molecule has 0 saturated heterocycles. The third kappa shape index (κ3) is 2.36. The van der Waals surface area contributed by atoms with Crippen molar-refractivity contribution in [3.8, 4) is 0 Å². The molecule has 0 aliphatic heterocycles. The van der Waals surface area contributed by atoms with E-state index in [0.29, 0.717) is 6.54 Å². The van der Waals surface area contributed by atoms with Crippen molar-refractivity contribution in [2.24, 2.45) is 0 Å². The van der Waals surface area contributed by atoms with E-state index >= 15 is 0 Å². The molecule has 0 amide bonds. The highest BCUT2D eigenvalue weighted by molar-refractivity contribution is 5.43. The summed E-state index contributed by atoms with van der Waals surface area (Å²) in [4.78, 5) is 16.1. The van der Waals surface area contributed by atoms with Crippen LogP contribution in [0.4, 0.5) is 5.82 Å². The van der Waals surface area contributed by atoms with Gasteiger partial charge in [-0.3, -0.25) is 4.79 Å². The summed E-state index contributed by atoms with van der Waals surface area (Å²) in [6, 6.07) is 7.54. The van der Waals surface area contributed by atoms with E-state index in [1.807, 2.05) is 38.2 Å². The van der Waals surface area contributed by atoms with Crippen molar-refractivity contribution in [1.82, 2.24) is 9.55 Å². The Kier molecular flexibility index (Phi) is 3.23. The van der Waals surface area contributed by atoms with Crippen LogP contribution in [0.5, 0.6) is 0 Å². The van der Waals surface area contributed by atoms with E-state index in [1.54, 1.807) is 17.0 Å². The molecule has 0 unspecified atom stereocenters. The molecule has 0 atom stereocenters. The Morgan fingerprint density at radius 1 is 1.35 bits per heavy atom. The van der Waals surface area contributed by atoms with Crippen molar-refractivity contribution in [3.63, 3.8) is 0 Å². The third-order valence-electron chi connectivity index (χ3n) is 2.68. The molecule has 0 aliphatic rings. The number of anilines is 1. The Morgan fingerprint density at radius 3 is 2.94 bits per heavy atom. The van der Waals surface area contributed by atoms with Gasteiger partial charge in [-0.1, -0.05) is 12.1 Å². The van der Waals surface area contributed by atoms with Crippen molar-refractivity contribution >= 4 is 5.82 Å². The van der Waals surface area contributed by atoms with Crippen LogP contribution < -0.4 is 10.9 Å². The van der Waals surface area contributed by atoms with Crippen LogP contribution in [0.15, 0.2) is 41.5 Å². The van der Waals surface area contributed by atoms with Crippen molar-refractivity contribution in [2.75, 3.05) is 12.4 Å². The summed E-state index contributed by atoms with van der Waals surface area (Å²) < 4.78 is 1.69. The zero-order valence-corrected chi connectivity index (χ0v) is 9.97. The molecule has 17 heavy (non-hydrogen) atoms. The quantitative estimate of drug-likeness (QED) is 0.870. The van der Waals surface area contributed by atoms with Crippen LogP contribution >= 0.6 is 0 Å². The molecule has 0 spiro atoms. The van der Waals surface area contributed by atoms with Gasteiger partial charge in [0.25, 0.3) is 5.56 Å². The van der Waals surface area contributed by atoms with E-state index in [1.165, 1.54) is 0 Å². The SMILES string of the molecule is CNc1ncccc1Cn1cccc(C)c1=O. The molecule has 2 rings (SSSR count). The molecule has 0 bridgehead atoms. The van der Waals surface area contributed by atoms with Gasteiger partial charge in [0, 0.05) is 30.6 Å². The zero-order valence-electron chi connectivity index (χ0n) is 9.97. The highest BCUT2D eigenvalue weighted by atomic mass is 16.1. The van der Waals surface area contributed by atoms with Gasteiger partial charge in [-0.05, 0) is 19.1 Å². The summed E-state index contributed by atoms with van der Waals surface area (Å²) in [6.07, 6.45) is 3.52. The van der Waals surface area contributed by atoms with Crippen LogP contribution in [0.2, 0.25) is 0 Å². The zero-order chi connectivity index (χ0) is 12.3. The highest BCUT2D eigenvalue weighted by Gasteiger charge is 2.04. The fourth-order valence-electron chi connectivity index (χ4n) is 1.76. The fourth-order valence-corrected chi connectivity index (χ4v) is 1.76. The van der Waals surface area contributed by atoms with E-state index in [9.17, 15) is 4.79 Å². The molecule has 0 fully saturated rings. The van der Waals surface area contributed by atoms with Gasteiger partial charge in [-0.25, -0.2) is 4.98 Å². The predicted octanol–water partition coefficient (Wildman–Crippen LogP) is 1.64. The van der Waals surface area contributed by atoms with Gasteiger partial charge in [0.2, 0.25) is 0 Å². The summed E-state index contributed by atoms with van der Waals surface area (Å²) >= 11 is 0. The van der Waals surface area contributed by atoms with E-state index in [2.05, 4.69) is 10.3 Å². The first kappa shape index (κ1) is 11.4. The maximum atomic E-state index is 11.9. The summed E-state index contributed by atoms with van der Waals surface area (Å²) in [5.74, 6) is 0.806. The molecule has 4 heteroatoms. The average molecular weight is 229 g/mol. The second kappa shape index (κ2) is 4.82. The molecule has 0 aliphatic carbocycles. The number of hydrogen-bond donors (Lipinski definition) is 1. The van der Waals surface area contributed by atoms with Gasteiger partial charge >= 0.3 is 0 Å². The summed E-state index contributed by atoms with van der Waals surface area (Å²) in [7, 11) is 1.82. The fraction of sp³-hybridized carbons (Fsp3) is 0.231. The topological polar surface area (TPSA) is 46.9 Å². The lowest BCUT2D eigenvalue weighted by Gasteiger charge is -2.10. The molecule has 0 radical (unpaired) electrons. The second-order valence-electron chi connectivity index (χ2n) is 3.89. The number of aryl methyl sites for hydroxylation is 1. The van der Waals surface area contributed by atoms with E-state index in [0.717, 1.165) is 16.9 Å². The molecule has 2 heterocycles. The molecular formula is C13H15N3O. The number of rotatable bonds is 3. The standard InChI is InChI=1S/C13H15N3O/c1-10-5-4-8-16(13(10)17)9-11-6-3-7-15-12(11)14-2/h3-8H,9H2,1-2H3,(H,14,15). The third-order valence-corrected chi connectivity index (χ3v) is 2.68. The first-order chi connectivity index (χ1) is 8.22. The van der Waals surface area contributed by atoms with Gasteiger partial charge in [0.05, 0.1) is 6.54 Å². The summed E-state index contributed by atoms with van der Waals surface area (Å²) in [5, 5.41) is 3.02. The smallest absolute Gasteiger partial charge is 0.253 e. The number of pyridine rings is 2. The van der Waals surface area contributed by atoms with Crippen molar-refractivity contribution in [2.45, 2.75) is 13.5 Å². The molecule has 0 saturated carbocycles. The minimum absolute atomic E-state index is 0.0402. The van der Waals surface area contributed by atoms with Crippen LogP contribution in [-0.2, 0) is 6.54 Å². The number of aromatic nitrogens is 2. The Bertz CT molecular complexity index is 575. The Hall–Kier alpha value is -2.10. The van der Waals surface area contributed by atoms with Crippen LogP contribution in [0.25, 0.3) is 0 Å². The van der Waals surface area contributed by atoms with Crippen LogP contribution in [-0.4, -0.2) is 16.6 Å². The van der Waals surface area contributed by atoms with Gasteiger partial charge in [0.1, 0.15) is 5.82 Å². The highest BCUT2D eigenvalue weighted by Crippen LogP contribution is 2.11. The van der Waals surface area contributed by atoms with Gasteiger partial charge in [-0.2, -0.15) is 0 Å². The predicted molar refractivity (Wildman–Crippen MR) is 68.3 cm³/mol. The molecule has 2 aromatic rings. The minimum atomic E-state index is 0.0402. The lowest BCUT2D eigenvalue weighted by molar-refractivity contribution is 0.751. The Balaban J connectivity index is 2.38. The van der Waals surface area contributed by atoms with Crippen molar-refractivity contribution in [1.29, 1.82) is 0 Å². The van der Waals surface area contributed by atoms with Gasteiger partial charge < -0.3 is 9.88 Å². The normalized spacial score (nSPS) is 10.2.